The summed E-state index contributed by atoms with van der Waals surface area (Å²) in [5.41, 5.74) is 4.31. The van der Waals surface area contributed by atoms with E-state index >= 15 is 0 Å². The molecule has 1 aromatic carbocycles. The lowest BCUT2D eigenvalue weighted by molar-refractivity contribution is 0.102. The zero-order valence-electron chi connectivity index (χ0n) is 17.3. The molecule has 4 aromatic heterocycles. The second kappa shape index (κ2) is 7.67. The van der Waals surface area contributed by atoms with E-state index in [1.807, 2.05) is 30.3 Å². The number of carbonyl (C=O) groups excluding carboxylic acids is 1. The van der Waals surface area contributed by atoms with Gasteiger partial charge in [0, 0.05) is 29.3 Å². The highest BCUT2D eigenvalue weighted by molar-refractivity contribution is 6.23. The van der Waals surface area contributed by atoms with Crippen molar-refractivity contribution in [2.45, 2.75) is 24.1 Å². The van der Waals surface area contributed by atoms with Gasteiger partial charge in [0.1, 0.15) is 22.5 Å². The molecule has 6 rings (SSSR count). The number of fused-ring (bicyclic) bond motifs is 2. The van der Waals surface area contributed by atoms with Crippen molar-refractivity contribution in [1.82, 2.24) is 24.6 Å². The number of amides is 1. The molecule has 1 atom stereocenters. The zero-order valence-corrected chi connectivity index (χ0v) is 18.1. The third-order valence-corrected chi connectivity index (χ3v) is 6.31. The molecule has 9 heteroatoms. The maximum Gasteiger partial charge on any atom is 0.274 e. The Morgan fingerprint density at radius 2 is 2.06 bits per heavy atom. The van der Waals surface area contributed by atoms with Crippen LogP contribution in [0.4, 0.5) is 10.1 Å². The number of anilines is 1. The first-order valence-corrected chi connectivity index (χ1v) is 11.0. The average molecular weight is 461 g/mol. The van der Waals surface area contributed by atoms with Crippen molar-refractivity contribution in [2.75, 3.05) is 5.32 Å². The highest BCUT2D eigenvalue weighted by atomic mass is 35.5. The van der Waals surface area contributed by atoms with Gasteiger partial charge < -0.3 is 5.32 Å². The summed E-state index contributed by atoms with van der Waals surface area (Å²) >= 11 is 6.85. The fourth-order valence-electron chi connectivity index (χ4n) is 4.05. The van der Waals surface area contributed by atoms with Crippen molar-refractivity contribution in [1.29, 1.82) is 0 Å². The number of pyridine rings is 2. The lowest BCUT2D eigenvalue weighted by Gasteiger charge is -2.12. The van der Waals surface area contributed by atoms with Crippen LogP contribution in [0.1, 0.15) is 51.7 Å². The minimum Gasteiger partial charge on any atom is -0.320 e. The number of imidazole rings is 1. The summed E-state index contributed by atoms with van der Waals surface area (Å²) in [4.78, 5) is 22.0. The van der Waals surface area contributed by atoms with E-state index in [-0.39, 0.29) is 11.6 Å². The molecule has 1 saturated carbocycles. The Morgan fingerprint density at radius 1 is 1.21 bits per heavy atom. The van der Waals surface area contributed by atoms with Crippen LogP contribution in [0.3, 0.4) is 0 Å². The van der Waals surface area contributed by atoms with Crippen molar-refractivity contribution in [3.8, 4) is 0 Å². The van der Waals surface area contributed by atoms with Crippen LogP contribution in [0.2, 0.25) is 0 Å². The molecule has 0 saturated heterocycles. The molecule has 0 bridgehead atoms. The topological polar surface area (TPSA) is 88.0 Å². The number of aromatic amines is 1. The van der Waals surface area contributed by atoms with E-state index in [0.717, 1.165) is 24.2 Å². The Bertz CT molecular complexity index is 1520. The SMILES string of the molecule is O=C(Nc1cccc2n[nH]c(C(Cl)c3cccc(C4CC4)n3)c12)c1cnc2cc(F)ccn12. The lowest BCUT2D eigenvalue weighted by atomic mass is 10.1. The number of nitrogens with one attached hydrogen (secondary N) is 2. The fraction of sp³-hybridized carbons (Fsp3) is 0.167. The number of benzene rings is 1. The fourth-order valence-corrected chi connectivity index (χ4v) is 4.33. The summed E-state index contributed by atoms with van der Waals surface area (Å²) in [6.07, 6.45) is 5.20. The minimum atomic E-state index is -0.564. The van der Waals surface area contributed by atoms with E-state index < -0.39 is 11.2 Å². The highest BCUT2D eigenvalue weighted by Gasteiger charge is 2.27. The van der Waals surface area contributed by atoms with E-state index in [1.165, 1.54) is 28.9 Å². The Kier molecular flexibility index (Phi) is 4.62. The van der Waals surface area contributed by atoms with E-state index in [1.54, 1.807) is 6.07 Å². The van der Waals surface area contributed by atoms with Gasteiger partial charge in [-0.25, -0.2) is 9.37 Å². The molecule has 7 nitrogen and oxygen atoms in total. The standard InChI is InChI=1S/C24H18ClFN6O/c25-22(18-6-1-3-15(28-18)13-7-8-13)23-21-16(4-2-5-17(21)30-31-23)29-24(33)19-12-27-20-11-14(26)9-10-32(19)20/h1-6,9-13,22H,7-8H2,(H,29,33)(H,30,31). The van der Waals surface area contributed by atoms with Crippen LogP contribution in [0.15, 0.2) is 60.9 Å². The van der Waals surface area contributed by atoms with Crippen LogP contribution in [-0.4, -0.2) is 30.5 Å². The van der Waals surface area contributed by atoms with E-state index in [4.69, 9.17) is 16.6 Å². The summed E-state index contributed by atoms with van der Waals surface area (Å²) < 4.78 is 15.0. The number of alkyl halides is 1. The lowest BCUT2D eigenvalue weighted by Crippen LogP contribution is -2.14. The van der Waals surface area contributed by atoms with Gasteiger partial charge in [-0.1, -0.05) is 12.1 Å². The molecular weight excluding hydrogens is 443 g/mol. The van der Waals surface area contributed by atoms with Crippen LogP contribution in [0, 0.1) is 5.82 Å². The number of rotatable bonds is 5. The first kappa shape index (κ1) is 19.9. The van der Waals surface area contributed by atoms with Gasteiger partial charge in [-0.05, 0) is 43.2 Å². The monoisotopic (exact) mass is 460 g/mol. The number of halogens is 2. The Hall–Kier alpha value is -3.78. The maximum atomic E-state index is 13.5. The quantitative estimate of drug-likeness (QED) is 0.353. The zero-order chi connectivity index (χ0) is 22.5. The molecule has 0 aliphatic heterocycles. The number of nitrogens with zero attached hydrogens (tertiary/aromatic N) is 4. The smallest absolute Gasteiger partial charge is 0.274 e. The van der Waals surface area contributed by atoms with Crippen molar-refractivity contribution >= 4 is 39.7 Å². The van der Waals surface area contributed by atoms with Crippen LogP contribution in [0.5, 0.6) is 0 Å². The molecule has 0 radical (unpaired) electrons. The summed E-state index contributed by atoms with van der Waals surface area (Å²) in [6, 6.07) is 13.9. The number of H-pyrrole nitrogens is 1. The molecule has 164 valence electrons. The molecule has 1 fully saturated rings. The molecule has 1 amide bonds. The molecule has 0 spiro atoms. The van der Waals surface area contributed by atoms with Gasteiger partial charge in [0.15, 0.2) is 0 Å². The normalized spacial score (nSPS) is 14.6. The maximum absolute atomic E-state index is 13.5. The van der Waals surface area contributed by atoms with Crippen molar-refractivity contribution in [3.63, 3.8) is 0 Å². The third kappa shape index (κ3) is 3.52. The largest absolute Gasteiger partial charge is 0.320 e. The minimum absolute atomic E-state index is 0.285. The van der Waals surface area contributed by atoms with Crippen molar-refractivity contribution in [2.24, 2.45) is 0 Å². The Morgan fingerprint density at radius 3 is 2.91 bits per heavy atom. The average Bonchev–Trinajstić information content (AvgIpc) is 3.45. The number of hydrogen-bond donors (Lipinski definition) is 2. The molecular formula is C24H18ClFN6O. The first-order valence-electron chi connectivity index (χ1n) is 10.6. The van der Waals surface area contributed by atoms with Gasteiger partial charge >= 0.3 is 0 Å². The van der Waals surface area contributed by atoms with Gasteiger partial charge in [0.25, 0.3) is 5.91 Å². The van der Waals surface area contributed by atoms with Gasteiger partial charge in [0.05, 0.1) is 28.8 Å². The molecule has 1 unspecified atom stereocenters. The van der Waals surface area contributed by atoms with Gasteiger partial charge in [-0.3, -0.25) is 19.3 Å². The van der Waals surface area contributed by atoms with Crippen LogP contribution >= 0.6 is 11.6 Å². The molecule has 4 heterocycles. The van der Waals surface area contributed by atoms with Gasteiger partial charge in [-0.15, -0.1) is 11.6 Å². The van der Waals surface area contributed by atoms with E-state index in [9.17, 15) is 9.18 Å². The van der Waals surface area contributed by atoms with Crippen molar-refractivity contribution < 1.29 is 9.18 Å². The van der Waals surface area contributed by atoms with Crippen LogP contribution < -0.4 is 5.32 Å². The first-order chi connectivity index (χ1) is 16.1. The van der Waals surface area contributed by atoms with E-state index in [0.29, 0.717) is 33.8 Å². The molecule has 1 aliphatic carbocycles. The summed E-state index contributed by atoms with van der Waals surface area (Å²) in [7, 11) is 0. The summed E-state index contributed by atoms with van der Waals surface area (Å²) in [5, 5.41) is 10.5. The predicted octanol–water partition coefficient (Wildman–Crippen LogP) is 5.20. The molecule has 33 heavy (non-hydrogen) atoms. The van der Waals surface area contributed by atoms with Gasteiger partial charge in [0.2, 0.25) is 0 Å². The Labute approximate surface area is 192 Å². The summed E-state index contributed by atoms with van der Waals surface area (Å²) in [5.74, 6) is -0.282. The number of hydrogen-bond acceptors (Lipinski definition) is 4. The number of aromatic nitrogens is 5. The van der Waals surface area contributed by atoms with Crippen LogP contribution in [0.25, 0.3) is 16.6 Å². The third-order valence-electron chi connectivity index (χ3n) is 5.87. The van der Waals surface area contributed by atoms with Crippen molar-refractivity contribution in [3.05, 3.63) is 89.5 Å². The highest BCUT2D eigenvalue weighted by Crippen LogP contribution is 2.40. The predicted molar refractivity (Wildman–Crippen MR) is 123 cm³/mol. The van der Waals surface area contributed by atoms with E-state index in [2.05, 4.69) is 20.5 Å². The second-order valence-electron chi connectivity index (χ2n) is 8.13. The summed E-state index contributed by atoms with van der Waals surface area (Å²) in [6.45, 7) is 0. The second-order valence-corrected chi connectivity index (χ2v) is 8.57. The molecule has 1 aliphatic rings. The Balaban J connectivity index is 1.37. The number of carbonyl (C=O) groups is 1. The molecule has 5 aromatic rings. The molecule has 2 N–H and O–H groups in total. The van der Waals surface area contributed by atoms with Crippen LogP contribution in [-0.2, 0) is 0 Å². The van der Waals surface area contributed by atoms with Gasteiger partial charge in [-0.2, -0.15) is 5.10 Å².